The molecule has 1 atom stereocenters. The molecule has 0 aromatic rings. The molecule has 0 saturated carbocycles. The summed E-state index contributed by atoms with van der Waals surface area (Å²) in [7, 11) is 0. The van der Waals surface area contributed by atoms with Crippen molar-refractivity contribution in [1.29, 1.82) is 0 Å². The van der Waals surface area contributed by atoms with Crippen molar-refractivity contribution in [3.63, 3.8) is 0 Å². The summed E-state index contributed by atoms with van der Waals surface area (Å²) in [6.45, 7) is 5.88. The normalized spacial score (nSPS) is 28.2. The van der Waals surface area contributed by atoms with Gasteiger partial charge in [0.15, 0.2) is 0 Å². The molecule has 2 aliphatic heterocycles. The maximum atomic E-state index is 4.69. The third kappa shape index (κ3) is 1.87. The van der Waals surface area contributed by atoms with E-state index < -0.39 is 0 Å². The summed E-state index contributed by atoms with van der Waals surface area (Å²) >= 11 is 0. The quantitative estimate of drug-likeness (QED) is 0.636. The van der Waals surface area contributed by atoms with Gasteiger partial charge in [0, 0.05) is 25.6 Å². The number of hydrogen-bond acceptors (Lipinski definition) is 2. The lowest BCUT2D eigenvalue weighted by Crippen LogP contribution is -2.44. The van der Waals surface area contributed by atoms with Gasteiger partial charge in [-0.05, 0) is 25.7 Å². The van der Waals surface area contributed by atoms with Gasteiger partial charge in [0.1, 0.15) is 5.84 Å². The average molecular weight is 180 g/mol. The molecule has 0 aromatic carbocycles. The van der Waals surface area contributed by atoms with Crippen LogP contribution in [-0.2, 0) is 0 Å². The lowest BCUT2D eigenvalue weighted by molar-refractivity contribution is 0.305. The molecular formula is C11H20N2. The third-order valence-corrected chi connectivity index (χ3v) is 3.17. The maximum absolute atomic E-state index is 4.69. The minimum absolute atomic E-state index is 0.791. The zero-order valence-corrected chi connectivity index (χ0v) is 8.63. The Morgan fingerprint density at radius 3 is 3.08 bits per heavy atom. The van der Waals surface area contributed by atoms with Crippen LogP contribution in [0.5, 0.6) is 0 Å². The van der Waals surface area contributed by atoms with Crippen molar-refractivity contribution in [1.82, 2.24) is 4.90 Å². The first-order chi connectivity index (χ1) is 6.42. The molecule has 2 rings (SSSR count). The number of rotatable bonds is 2. The Morgan fingerprint density at radius 2 is 2.23 bits per heavy atom. The Bertz CT molecular complexity index is 196. The van der Waals surface area contributed by atoms with Crippen LogP contribution in [0.25, 0.3) is 0 Å². The smallest absolute Gasteiger partial charge is 0.102 e. The molecule has 2 heterocycles. The van der Waals surface area contributed by atoms with E-state index in [4.69, 9.17) is 4.99 Å². The van der Waals surface area contributed by atoms with Crippen molar-refractivity contribution in [3.05, 3.63) is 0 Å². The highest BCUT2D eigenvalue weighted by molar-refractivity contribution is 5.85. The predicted molar refractivity (Wildman–Crippen MR) is 56.1 cm³/mol. The molecule has 74 valence electrons. The van der Waals surface area contributed by atoms with E-state index >= 15 is 0 Å². The number of piperidine rings is 1. The van der Waals surface area contributed by atoms with Crippen LogP contribution in [0.15, 0.2) is 4.99 Å². The molecule has 1 saturated heterocycles. The summed E-state index contributed by atoms with van der Waals surface area (Å²) in [5.41, 5.74) is 0. The minimum Gasteiger partial charge on any atom is -0.360 e. The van der Waals surface area contributed by atoms with E-state index in [-0.39, 0.29) is 0 Å². The second-order valence-electron chi connectivity index (χ2n) is 4.21. The Morgan fingerprint density at radius 1 is 1.38 bits per heavy atom. The molecule has 1 fully saturated rings. The van der Waals surface area contributed by atoms with Crippen molar-refractivity contribution in [3.8, 4) is 0 Å². The predicted octanol–water partition coefficient (Wildman–Crippen LogP) is 2.30. The van der Waals surface area contributed by atoms with E-state index in [0.717, 1.165) is 12.5 Å². The second kappa shape index (κ2) is 4.12. The van der Waals surface area contributed by atoms with E-state index in [2.05, 4.69) is 11.8 Å². The number of amidine groups is 1. The molecule has 2 nitrogen and oxygen atoms in total. The highest BCUT2D eigenvalue weighted by Crippen LogP contribution is 2.25. The molecule has 0 N–H and O–H groups in total. The van der Waals surface area contributed by atoms with Gasteiger partial charge in [0.25, 0.3) is 0 Å². The van der Waals surface area contributed by atoms with E-state index in [1.54, 1.807) is 0 Å². The van der Waals surface area contributed by atoms with Gasteiger partial charge >= 0.3 is 0 Å². The van der Waals surface area contributed by atoms with E-state index in [9.17, 15) is 0 Å². The van der Waals surface area contributed by atoms with Crippen LogP contribution in [0, 0.1) is 5.92 Å². The molecular weight excluding hydrogens is 160 g/mol. The van der Waals surface area contributed by atoms with Gasteiger partial charge in [-0.2, -0.15) is 0 Å². The standard InChI is InChI=1S/C11H20N2/c1-2-5-10-6-3-8-13-9-4-7-12-11(10)13/h10H,2-9H2,1H3. The van der Waals surface area contributed by atoms with Crippen LogP contribution in [0.1, 0.15) is 39.0 Å². The van der Waals surface area contributed by atoms with Gasteiger partial charge in [0.05, 0.1) is 0 Å². The highest BCUT2D eigenvalue weighted by atomic mass is 15.2. The fourth-order valence-electron chi connectivity index (χ4n) is 2.56. The second-order valence-corrected chi connectivity index (χ2v) is 4.21. The largest absolute Gasteiger partial charge is 0.360 e. The molecule has 13 heavy (non-hydrogen) atoms. The van der Waals surface area contributed by atoms with Crippen LogP contribution in [-0.4, -0.2) is 30.4 Å². The zero-order chi connectivity index (χ0) is 9.10. The fraction of sp³-hybridized carbons (Fsp3) is 0.909. The molecule has 2 aliphatic rings. The molecule has 0 aliphatic carbocycles. The molecule has 0 radical (unpaired) electrons. The van der Waals surface area contributed by atoms with Crippen LogP contribution < -0.4 is 0 Å². The Balaban J connectivity index is 2.05. The summed E-state index contributed by atoms with van der Waals surface area (Å²) in [5.74, 6) is 2.23. The van der Waals surface area contributed by atoms with Crippen LogP contribution in [0.4, 0.5) is 0 Å². The molecule has 0 amide bonds. The Kier molecular flexibility index (Phi) is 2.87. The van der Waals surface area contributed by atoms with Gasteiger partial charge in [0.2, 0.25) is 0 Å². The summed E-state index contributed by atoms with van der Waals surface area (Å²) < 4.78 is 0. The number of nitrogens with zero attached hydrogens (tertiary/aromatic N) is 2. The fourth-order valence-corrected chi connectivity index (χ4v) is 2.56. The Labute approximate surface area is 81.0 Å². The lowest BCUT2D eigenvalue weighted by atomic mass is 9.91. The SMILES string of the molecule is CCCC1CCCN2CCCN=C12. The van der Waals surface area contributed by atoms with Crippen molar-refractivity contribution in [2.24, 2.45) is 10.9 Å². The third-order valence-electron chi connectivity index (χ3n) is 3.17. The van der Waals surface area contributed by atoms with Crippen molar-refractivity contribution >= 4 is 5.84 Å². The monoisotopic (exact) mass is 180 g/mol. The van der Waals surface area contributed by atoms with Crippen LogP contribution in [0.2, 0.25) is 0 Å². The maximum Gasteiger partial charge on any atom is 0.102 e. The van der Waals surface area contributed by atoms with E-state index in [1.165, 1.54) is 51.0 Å². The summed E-state index contributed by atoms with van der Waals surface area (Å²) in [5, 5.41) is 0. The number of fused-ring (bicyclic) bond motifs is 1. The first-order valence-corrected chi connectivity index (χ1v) is 5.71. The zero-order valence-electron chi connectivity index (χ0n) is 8.63. The van der Waals surface area contributed by atoms with Crippen LogP contribution >= 0.6 is 0 Å². The molecule has 0 aromatic heterocycles. The number of aliphatic imine (C=N–C) groups is 1. The van der Waals surface area contributed by atoms with Gasteiger partial charge in [-0.1, -0.05) is 13.3 Å². The molecule has 0 spiro atoms. The van der Waals surface area contributed by atoms with Crippen molar-refractivity contribution in [2.45, 2.75) is 39.0 Å². The van der Waals surface area contributed by atoms with E-state index in [0.29, 0.717) is 0 Å². The molecule has 2 heteroatoms. The average Bonchev–Trinajstić information content (AvgIpc) is 2.19. The molecule has 0 bridgehead atoms. The van der Waals surface area contributed by atoms with Gasteiger partial charge in [-0.25, -0.2) is 0 Å². The van der Waals surface area contributed by atoms with Gasteiger partial charge in [-0.15, -0.1) is 0 Å². The van der Waals surface area contributed by atoms with Crippen LogP contribution in [0.3, 0.4) is 0 Å². The number of hydrogen-bond donors (Lipinski definition) is 0. The van der Waals surface area contributed by atoms with Crippen molar-refractivity contribution < 1.29 is 0 Å². The summed E-state index contributed by atoms with van der Waals surface area (Å²) in [6, 6.07) is 0. The van der Waals surface area contributed by atoms with Gasteiger partial charge in [-0.3, -0.25) is 4.99 Å². The Hall–Kier alpha value is -0.530. The van der Waals surface area contributed by atoms with Gasteiger partial charge < -0.3 is 4.90 Å². The first kappa shape index (κ1) is 9.04. The van der Waals surface area contributed by atoms with E-state index in [1.807, 2.05) is 0 Å². The minimum atomic E-state index is 0.791. The first-order valence-electron chi connectivity index (χ1n) is 5.71. The van der Waals surface area contributed by atoms with Crippen molar-refractivity contribution in [2.75, 3.05) is 19.6 Å². The molecule has 1 unspecified atom stereocenters. The topological polar surface area (TPSA) is 15.6 Å². The highest BCUT2D eigenvalue weighted by Gasteiger charge is 2.26. The lowest BCUT2D eigenvalue weighted by Gasteiger charge is -2.38. The summed E-state index contributed by atoms with van der Waals surface area (Å²) in [4.78, 5) is 7.22. The summed E-state index contributed by atoms with van der Waals surface area (Å²) in [6.07, 6.45) is 6.67.